The van der Waals surface area contributed by atoms with Crippen molar-refractivity contribution < 1.29 is 9.53 Å². The molecule has 0 bridgehead atoms. The van der Waals surface area contributed by atoms with E-state index >= 15 is 0 Å². The maximum Gasteiger partial charge on any atom is 0.243 e. The Hall–Kier alpha value is -1.06. The van der Waals surface area contributed by atoms with Crippen molar-refractivity contribution in [1.29, 1.82) is 0 Å². The van der Waals surface area contributed by atoms with Crippen molar-refractivity contribution in [1.82, 2.24) is 0 Å². The van der Waals surface area contributed by atoms with Gasteiger partial charge in [-0.25, -0.2) is 0 Å². The van der Waals surface area contributed by atoms with Crippen molar-refractivity contribution in [2.75, 3.05) is 24.1 Å². The van der Waals surface area contributed by atoms with E-state index in [1.54, 1.807) is 4.90 Å². The number of carbonyl (C=O) groups is 1. The number of hydrogen-bond donors (Lipinski definition) is 0. The number of halogens is 1. The fourth-order valence-corrected chi connectivity index (χ4v) is 2.05. The number of nitrogens with zero attached hydrogens (tertiary/aromatic N) is 1. The first kappa shape index (κ1) is 15.0. The molecule has 0 radical (unpaired) electrons. The number of para-hydroxylation sites is 1. The molecule has 0 aromatic heterocycles. The van der Waals surface area contributed by atoms with Crippen molar-refractivity contribution in [3.8, 4) is 0 Å². The van der Waals surface area contributed by atoms with Crippen LogP contribution in [-0.4, -0.2) is 25.1 Å². The lowest BCUT2D eigenvalue weighted by molar-refractivity contribution is -0.117. The number of amides is 1. The van der Waals surface area contributed by atoms with Crippen molar-refractivity contribution in [3.63, 3.8) is 0 Å². The zero-order valence-corrected chi connectivity index (χ0v) is 12.0. The molecule has 1 rings (SSSR count). The topological polar surface area (TPSA) is 29.5 Å². The summed E-state index contributed by atoms with van der Waals surface area (Å²) >= 11 is 5.68. The van der Waals surface area contributed by atoms with E-state index in [2.05, 4.69) is 6.92 Å². The van der Waals surface area contributed by atoms with Gasteiger partial charge in [0.2, 0.25) is 5.91 Å². The standard InChI is InChI=1S/C14H20ClNO2/c1-4-12-8-6-7-11(3)14(12)16(10-18-5-2)13(17)9-15/h6-8H,4-5,9-10H2,1-3H3/i6+1,7+1,8+1,11+1,12+1,14+1. The minimum Gasteiger partial charge on any atom is -0.361 e. The van der Waals surface area contributed by atoms with Gasteiger partial charge in [-0.3, -0.25) is 9.69 Å². The molecule has 1 aromatic rings. The molecule has 4 heteroatoms. The van der Waals surface area contributed by atoms with Gasteiger partial charge >= 0.3 is 0 Å². The molecule has 0 aliphatic heterocycles. The number of hydrogen-bond acceptors (Lipinski definition) is 2. The minimum atomic E-state index is -0.130. The van der Waals surface area contributed by atoms with Crippen molar-refractivity contribution in [2.24, 2.45) is 0 Å². The van der Waals surface area contributed by atoms with Gasteiger partial charge in [0.1, 0.15) is 12.6 Å². The summed E-state index contributed by atoms with van der Waals surface area (Å²) in [7, 11) is 0. The van der Waals surface area contributed by atoms with Crippen LogP contribution in [0.5, 0.6) is 0 Å². The molecule has 0 spiro atoms. The lowest BCUT2D eigenvalue weighted by Crippen LogP contribution is -2.35. The third-order valence-electron chi connectivity index (χ3n) is 2.81. The first-order valence-corrected chi connectivity index (χ1v) is 6.71. The third-order valence-corrected chi connectivity index (χ3v) is 3.04. The van der Waals surface area contributed by atoms with Crippen molar-refractivity contribution in [3.05, 3.63) is 29.3 Å². The fourth-order valence-electron chi connectivity index (χ4n) is 1.91. The van der Waals surface area contributed by atoms with Gasteiger partial charge in [-0.2, -0.15) is 0 Å². The van der Waals surface area contributed by atoms with E-state index < -0.39 is 0 Å². The normalized spacial score (nSPS) is 10.4. The van der Waals surface area contributed by atoms with Crippen LogP contribution in [0.4, 0.5) is 5.69 Å². The molecular weight excluding hydrogens is 256 g/mol. The van der Waals surface area contributed by atoms with E-state index in [1.165, 1.54) is 0 Å². The number of ether oxygens (including phenoxy) is 1. The molecule has 0 heterocycles. The van der Waals surface area contributed by atoms with Crippen LogP contribution in [0.15, 0.2) is 18.2 Å². The molecule has 3 nitrogen and oxygen atoms in total. The van der Waals surface area contributed by atoms with Gasteiger partial charge in [0.05, 0.1) is 5.69 Å². The molecular formula is C14H20ClNO2. The minimum absolute atomic E-state index is 0.0371. The quantitative estimate of drug-likeness (QED) is 0.590. The predicted molar refractivity (Wildman–Crippen MR) is 75.3 cm³/mol. The second kappa shape index (κ2) is 7.39. The number of benzene rings is 1. The Bertz CT molecular complexity index is 407. The van der Waals surface area contributed by atoms with Crippen molar-refractivity contribution in [2.45, 2.75) is 27.2 Å². The van der Waals surface area contributed by atoms with Gasteiger partial charge in [-0.15, -0.1) is 11.6 Å². The van der Waals surface area contributed by atoms with Gasteiger partial charge in [-0.05, 0) is 31.4 Å². The highest BCUT2D eigenvalue weighted by atomic mass is 35.5. The molecule has 0 fully saturated rings. The first-order chi connectivity index (χ1) is 8.65. The van der Waals surface area contributed by atoms with Gasteiger partial charge in [-0.1, -0.05) is 25.1 Å². The molecule has 0 saturated carbocycles. The summed E-state index contributed by atoms with van der Waals surface area (Å²) in [6, 6.07) is 6.03. The molecule has 0 N–H and O–H groups in total. The summed E-state index contributed by atoms with van der Waals surface area (Å²) in [5.41, 5.74) is 3.12. The summed E-state index contributed by atoms with van der Waals surface area (Å²) in [6.45, 7) is 6.79. The van der Waals surface area contributed by atoms with Crippen LogP contribution in [0.2, 0.25) is 0 Å². The average molecular weight is 276 g/mol. The number of anilines is 1. The van der Waals surface area contributed by atoms with E-state index in [1.807, 2.05) is 32.0 Å². The molecule has 1 aromatic carbocycles. The Morgan fingerprint density at radius 3 is 2.67 bits per heavy atom. The molecule has 0 unspecified atom stereocenters. The van der Waals surface area contributed by atoms with Crippen LogP contribution in [0.1, 0.15) is 25.0 Å². The van der Waals surface area contributed by atoms with E-state index in [0.717, 1.165) is 23.2 Å². The second-order valence-electron chi connectivity index (χ2n) is 4.01. The first-order valence-electron chi connectivity index (χ1n) is 6.18. The summed E-state index contributed by atoms with van der Waals surface area (Å²) in [6.07, 6.45) is 0.870. The van der Waals surface area contributed by atoms with Crippen molar-refractivity contribution >= 4 is 23.2 Å². The third kappa shape index (κ3) is 3.47. The molecule has 18 heavy (non-hydrogen) atoms. The summed E-state index contributed by atoms with van der Waals surface area (Å²) in [5.74, 6) is -0.168. The zero-order chi connectivity index (χ0) is 13.5. The van der Waals surface area contributed by atoms with Crippen LogP contribution < -0.4 is 4.90 Å². The number of rotatable bonds is 6. The van der Waals surface area contributed by atoms with Gasteiger partial charge in [0.15, 0.2) is 0 Å². The molecule has 0 saturated heterocycles. The van der Waals surface area contributed by atoms with E-state index in [4.69, 9.17) is 16.3 Å². The molecule has 0 aliphatic rings. The van der Waals surface area contributed by atoms with E-state index in [0.29, 0.717) is 6.61 Å². The molecule has 0 atom stereocenters. The summed E-state index contributed by atoms with van der Waals surface area (Å²) < 4.78 is 5.37. The lowest BCUT2D eigenvalue weighted by atomic mass is 10.6. The number of alkyl halides is 1. The lowest BCUT2D eigenvalue weighted by Gasteiger charge is -2.25. The monoisotopic (exact) mass is 275 g/mol. The smallest absolute Gasteiger partial charge is 0.243 e. The van der Waals surface area contributed by atoms with Crippen LogP contribution in [0.25, 0.3) is 0 Å². The largest absolute Gasteiger partial charge is 0.361 e. The highest BCUT2D eigenvalue weighted by Crippen LogP contribution is 2.26. The summed E-state index contributed by atoms with van der Waals surface area (Å²) in [5, 5.41) is 0. The predicted octanol–water partition coefficient (Wildman–Crippen LogP) is 3.12. The summed E-state index contributed by atoms with van der Waals surface area (Å²) in [4.78, 5) is 13.6. The second-order valence-corrected chi connectivity index (χ2v) is 4.28. The highest BCUT2D eigenvalue weighted by Gasteiger charge is 2.19. The highest BCUT2D eigenvalue weighted by molar-refractivity contribution is 6.29. The SMILES string of the molecule is CCOCN(C(=O)CCl)[13c]1[13c](C)[13cH][13cH][13cH][13c]1CC. The Labute approximate surface area is 114 Å². The molecule has 1 amide bonds. The average Bonchev–Trinajstić information content (AvgIpc) is 2.39. The van der Waals surface area contributed by atoms with Gasteiger partial charge < -0.3 is 4.74 Å². The Morgan fingerprint density at radius 2 is 2.11 bits per heavy atom. The van der Waals surface area contributed by atoms with Gasteiger partial charge in [0, 0.05) is 6.61 Å². The molecule has 0 aliphatic carbocycles. The van der Waals surface area contributed by atoms with Crippen LogP contribution in [-0.2, 0) is 16.0 Å². The van der Waals surface area contributed by atoms with Crippen LogP contribution in [0, 0.1) is 6.92 Å². The Kier molecular flexibility index (Phi) is 6.16. The number of aryl methyl sites for hydroxylation is 2. The Balaban J connectivity index is 3.14. The van der Waals surface area contributed by atoms with Crippen LogP contribution >= 0.6 is 11.6 Å². The van der Waals surface area contributed by atoms with Gasteiger partial charge in [0.25, 0.3) is 0 Å². The van der Waals surface area contributed by atoms with E-state index in [-0.39, 0.29) is 18.5 Å². The Morgan fingerprint density at radius 1 is 1.39 bits per heavy atom. The van der Waals surface area contributed by atoms with E-state index in [9.17, 15) is 4.79 Å². The van der Waals surface area contributed by atoms with Crippen LogP contribution in [0.3, 0.4) is 0 Å². The maximum absolute atomic E-state index is 12.0. The maximum atomic E-state index is 12.0. The zero-order valence-electron chi connectivity index (χ0n) is 11.2. The molecule has 100 valence electrons. The number of carbonyl (C=O) groups excluding carboxylic acids is 1. The fraction of sp³-hybridized carbons (Fsp3) is 0.500.